The largest absolute Gasteiger partial charge is 0.323 e. The van der Waals surface area contributed by atoms with E-state index in [2.05, 4.69) is 146 Å². The lowest BCUT2D eigenvalue weighted by molar-refractivity contribution is 0.261. The standard InChI is InChI=1S/C66H66N4O2/c1-5-7-9-17-39-65(40-18-10-8-6-2)59-41-45(3)23-35-55(59)56-37-25-47(43-60(56)65)48-26-38-58-57-36-24-46(4)42-61(57)66(62(58)44-48,49-27-31-53(32-28-49)69-63(71)67-51-19-13-11-14-20-51)50-29-33-54(34-30-50)70-64(72)68-52-21-15-12-16-22-52/h11-16,19-38,41-44H,5-10,17-18,39-40H2,1-4H3,(H2,67,69,71)(H2,68,70,72). The molecule has 2 aliphatic carbocycles. The van der Waals surface area contributed by atoms with E-state index >= 15 is 0 Å². The quantitative estimate of drug-likeness (QED) is 0.0686. The summed E-state index contributed by atoms with van der Waals surface area (Å²) in [7, 11) is 0. The van der Waals surface area contributed by atoms with Gasteiger partial charge in [0, 0.05) is 28.2 Å². The van der Waals surface area contributed by atoms with Gasteiger partial charge in [-0.1, -0.05) is 198 Å². The van der Waals surface area contributed by atoms with Gasteiger partial charge in [-0.15, -0.1) is 0 Å². The maximum Gasteiger partial charge on any atom is 0.323 e. The van der Waals surface area contributed by atoms with Crippen LogP contribution in [0.4, 0.5) is 32.3 Å². The van der Waals surface area contributed by atoms with E-state index in [0.29, 0.717) is 11.4 Å². The topological polar surface area (TPSA) is 82.3 Å². The lowest BCUT2D eigenvalue weighted by Gasteiger charge is -2.35. The fraction of sp³-hybridized carbons (Fsp3) is 0.242. The molecule has 0 bridgehead atoms. The summed E-state index contributed by atoms with van der Waals surface area (Å²) in [5.74, 6) is 0. The first-order chi connectivity index (χ1) is 35.2. The fourth-order valence-electron chi connectivity index (χ4n) is 11.8. The highest BCUT2D eigenvalue weighted by molar-refractivity contribution is 6.01. The Kier molecular flexibility index (Phi) is 14.0. The molecule has 10 rings (SSSR count). The zero-order valence-corrected chi connectivity index (χ0v) is 42.2. The van der Waals surface area contributed by atoms with Crippen molar-refractivity contribution in [1.82, 2.24) is 0 Å². The maximum absolute atomic E-state index is 13.2. The number of fused-ring (bicyclic) bond motifs is 6. The highest BCUT2D eigenvalue weighted by atomic mass is 16.2. The van der Waals surface area contributed by atoms with E-state index in [0.717, 1.165) is 35.3 Å². The first kappa shape index (κ1) is 48.0. The molecule has 0 saturated carbocycles. The molecular formula is C66H66N4O2. The molecule has 8 aromatic rings. The van der Waals surface area contributed by atoms with Crippen LogP contribution in [0.25, 0.3) is 33.4 Å². The summed E-state index contributed by atoms with van der Waals surface area (Å²) in [5, 5.41) is 12.0. The minimum absolute atomic E-state index is 0.0377. The van der Waals surface area contributed by atoms with Gasteiger partial charge in [0.2, 0.25) is 0 Å². The molecule has 0 spiro atoms. The van der Waals surface area contributed by atoms with E-state index in [1.807, 2.05) is 84.9 Å². The summed E-state index contributed by atoms with van der Waals surface area (Å²) in [6.07, 6.45) is 12.3. The molecule has 0 aromatic heterocycles. The number of nitrogens with one attached hydrogen (secondary N) is 4. The lowest BCUT2D eigenvalue weighted by Crippen LogP contribution is -2.29. The van der Waals surface area contributed by atoms with Gasteiger partial charge in [0.05, 0.1) is 5.41 Å². The van der Waals surface area contributed by atoms with Crippen molar-refractivity contribution in [2.45, 2.75) is 103 Å². The number of aryl methyl sites for hydroxylation is 2. The van der Waals surface area contributed by atoms with Crippen molar-refractivity contribution < 1.29 is 9.59 Å². The molecular weight excluding hydrogens is 881 g/mol. The molecule has 0 unspecified atom stereocenters. The number of benzene rings is 8. The fourth-order valence-corrected chi connectivity index (χ4v) is 11.8. The van der Waals surface area contributed by atoms with Gasteiger partial charge in [-0.2, -0.15) is 0 Å². The smallest absolute Gasteiger partial charge is 0.308 e. The van der Waals surface area contributed by atoms with Crippen molar-refractivity contribution >= 4 is 34.8 Å². The van der Waals surface area contributed by atoms with Crippen molar-refractivity contribution in [3.63, 3.8) is 0 Å². The van der Waals surface area contributed by atoms with Crippen LogP contribution in [-0.4, -0.2) is 12.1 Å². The van der Waals surface area contributed by atoms with E-state index in [1.165, 1.54) is 118 Å². The lowest BCUT2D eigenvalue weighted by atomic mass is 9.67. The molecule has 4 N–H and O–H groups in total. The third-order valence-corrected chi connectivity index (χ3v) is 15.3. The van der Waals surface area contributed by atoms with E-state index in [1.54, 1.807) is 0 Å². The Hall–Kier alpha value is -7.70. The van der Waals surface area contributed by atoms with Crippen LogP contribution in [0.2, 0.25) is 0 Å². The van der Waals surface area contributed by atoms with Crippen LogP contribution >= 0.6 is 0 Å². The molecule has 362 valence electrons. The number of carbonyl (C=O) groups is 2. The molecule has 72 heavy (non-hydrogen) atoms. The predicted molar refractivity (Wildman–Crippen MR) is 301 cm³/mol. The molecule has 6 nitrogen and oxygen atoms in total. The van der Waals surface area contributed by atoms with E-state index in [-0.39, 0.29) is 17.5 Å². The monoisotopic (exact) mass is 947 g/mol. The minimum atomic E-state index is -0.755. The zero-order chi connectivity index (χ0) is 49.7. The van der Waals surface area contributed by atoms with Gasteiger partial charge < -0.3 is 21.3 Å². The number of anilines is 4. The van der Waals surface area contributed by atoms with E-state index in [4.69, 9.17) is 0 Å². The Labute approximate surface area is 426 Å². The SMILES string of the molecule is CCCCCCC1(CCCCCC)c2cc(C)ccc2-c2ccc(-c3ccc4c(c3)C(c3ccc(NC(=O)Nc5ccccc5)cc3)(c3ccc(NC(=O)Nc5ccccc5)cc3)c3cc(C)ccc3-4)cc21. The summed E-state index contributed by atoms with van der Waals surface area (Å²) in [6, 6.07) is 63.4. The van der Waals surface area contributed by atoms with Gasteiger partial charge in [0.25, 0.3) is 0 Å². The Morgan fingerprint density at radius 1 is 0.375 bits per heavy atom. The Bertz CT molecular complexity index is 3100. The average Bonchev–Trinajstić information content (AvgIpc) is 3.83. The number of urea groups is 2. The number of hydrogen-bond acceptors (Lipinski definition) is 2. The van der Waals surface area contributed by atoms with Crippen LogP contribution in [-0.2, 0) is 10.8 Å². The van der Waals surface area contributed by atoms with E-state index < -0.39 is 5.41 Å². The summed E-state index contributed by atoms with van der Waals surface area (Å²) >= 11 is 0. The number of rotatable bonds is 17. The van der Waals surface area contributed by atoms with Crippen molar-refractivity contribution in [3.05, 3.63) is 226 Å². The van der Waals surface area contributed by atoms with Gasteiger partial charge >= 0.3 is 12.1 Å². The van der Waals surface area contributed by atoms with Crippen molar-refractivity contribution in [1.29, 1.82) is 0 Å². The van der Waals surface area contributed by atoms with Crippen LogP contribution in [0.3, 0.4) is 0 Å². The summed E-state index contributed by atoms with van der Waals surface area (Å²) < 4.78 is 0. The van der Waals surface area contributed by atoms with Crippen LogP contribution in [0.15, 0.2) is 182 Å². The molecule has 6 heteroatoms. The molecule has 0 saturated heterocycles. The third-order valence-electron chi connectivity index (χ3n) is 15.3. The van der Waals surface area contributed by atoms with Gasteiger partial charge in [0.1, 0.15) is 0 Å². The first-order valence-corrected chi connectivity index (χ1v) is 26.2. The zero-order valence-electron chi connectivity index (χ0n) is 42.2. The van der Waals surface area contributed by atoms with Gasteiger partial charge in [0.15, 0.2) is 0 Å². The summed E-state index contributed by atoms with van der Waals surface area (Å²) in [6.45, 7) is 9.03. The second kappa shape index (κ2) is 20.9. The molecule has 0 radical (unpaired) electrons. The third kappa shape index (κ3) is 9.34. The summed E-state index contributed by atoms with van der Waals surface area (Å²) in [5.41, 5.74) is 19.6. The Balaban J connectivity index is 1.10. The van der Waals surface area contributed by atoms with Crippen LogP contribution in [0.1, 0.15) is 123 Å². The Morgan fingerprint density at radius 2 is 0.736 bits per heavy atom. The summed E-state index contributed by atoms with van der Waals surface area (Å²) in [4.78, 5) is 26.5. The number of amides is 4. The molecule has 0 atom stereocenters. The van der Waals surface area contributed by atoms with Crippen LogP contribution < -0.4 is 21.3 Å². The number of unbranched alkanes of at least 4 members (excludes halogenated alkanes) is 6. The van der Waals surface area contributed by atoms with E-state index in [9.17, 15) is 9.59 Å². The Morgan fingerprint density at radius 3 is 1.18 bits per heavy atom. The second-order valence-corrected chi connectivity index (χ2v) is 20.1. The van der Waals surface area contributed by atoms with Gasteiger partial charge in [-0.05, 0) is 154 Å². The van der Waals surface area contributed by atoms with Crippen molar-refractivity contribution in [3.8, 4) is 33.4 Å². The maximum atomic E-state index is 13.2. The normalized spacial score (nSPS) is 13.3. The predicted octanol–water partition coefficient (Wildman–Crippen LogP) is 17.8. The molecule has 0 aliphatic heterocycles. The van der Waals surface area contributed by atoms with Gasteiger partial charge in [-0.25, -0.2) is 9.59 Å². The molecule has 0 fully saturated rings. The number of carbonyl (C=O) groups excluding carboxylic acids is 2. The van der Waals surface area contributed by atoms with Crippen LogP contribution in [0, 0.1) is 13.8 Å². The van der Waals surface area contributed by atoms with Crippen molar-refractivity contribution in [2.75, 3.05) is 21.3 Å². The molecule has 8 aromatic carbocycles. The van der Waals surface area contributed by atoms with Crippen LogP contribution in [0.5, 0.6) is 0 Å². The number of hydrogen-bond donors (Lipinski definition) is 4. The molecule has 4 amide bonds. The molecule has 0 heterocycles. The second-order valence-electron chi connectivity index (χ2n) is 20.1. The number of para-hydroxylation sites is 2. The van der Waals surface area contributed by atoms with Gasteiger partial charge in [-0.3, -0.25) is 0 Å². The minimum Gasteiger partial charge on any atom is -0.308 e. The highest BCUT2D eigenvalue weighted by Gasteiger charge is 2.47. The van der Waals surface area contributed by atoms with Crippen molar-refractivity contribution in [2.24, 2.45) is 0 Å². The highest BCUT2D eigenvalue weighted by Crippen LogP contribution is 2.59. The first-order valence-electron chi connectivity index (χ1n) is 26.2. The average molecular weight is 947 g/mol. The molecule has 2 aliphatic rings.